The van der Waals surface area contributed by atoms with E-state index in [2.05, 4.69) is 22.2 Å². The molecule has 0 aromatic carbocycles. The second kappa shape index (κ2) is 7.27. The number of aromatic nitrogens is 2. The van der Waals surface area contributed by atoms with Gasteiger partial charge < -0.3 is 11.1 Å². The minimum atomic E-state index is -0.291. The van der Waals surface area contributed by atoms with Gasteiger partial charge in [-0.15, -0.1) is 0 Å². The molecule has 2 aromatic rings. The lowest BCUT2D eigenvalue weighted by Crippen LogP contribution is -2.25. The van der Waals surface area contributed by atoms with Gasteiger partial charge in [0.05, 0.1) is 26.8 Å². The first-order valence-electron chi connectivity index (χ1n) is 6.48. The van der Waals surface area contributed by atoms with Crippen molar-refractivity contribution >= 4 is 40.6 Å². The minimum absolute atomic E-state index is 0.291. The molecule has 0 aliphatic heterocycles. The highest BCUT2D eigenvalue weighted by atomic mass is 35.5. The van der Waals surface area contributed by atoms with Crippen molar-refractivity contribution in [3.8, 4) is 0 Å². The number of nitrogen functional groups attached to an aromatic ring is 1. The van der Waals surface area contributed by atoms with Gasteiger partial charge in [-0.2, -0.15) is 0 Å². The summed E-state index contributed by atoms with van der Waals surface area (Å²) in [4.78, 5) is 8.41. The monoisotopic (exact) mass is 344 g/mol. The summed E-state index contributed by atoms with van der Waals surface area (Å²) in [6, 6.07) is 3.13. The molecule has 3 N–H and O–H groups in total. The second-order valence-corrected chi connectivity index (χ2v) is 5.82. The second-order valence-electron chi connectivity index (χ2n) is 4.54. The summed E-state index contributed by atoms with van der Waals surface area (Å²) in [6.45, 7) is 2.85. The highest BCUT2D eigenvalue weighted by Crippen LogP contribution is 2.31. The zero-order chi connectivity index (χ0) is 15.4. The average Bonchev–Trinajstić information content (AvgIpc) is 2.44. The Hall–Kier alpha value is -1.07. The Morgan fingerprint density at radius 1 is 1.14 bits per heavy atom. The molecular formula is C14H15Cl3N4. The zero-order valence-electron chi connectivity index (χ0n) is 11.4. The van der Waals surface area contributed by atoms with Crippen molar-refractivity contribution in [3.05, 3.63) is 50.9 Å². The van der Waals surface area contributed by atoms with Crippen LogP contribution in [-0.2, 0) is 0 Å². The van der Waals surface area contributed by atoms with Crippen molar-refractivity contribution < 1.29 is 0 Å². The Labute approximate surface area is 138 Å². The number of rotatable bonds is 5. The van der Waals surface area contributed by atoms with Crippen LogP contribution in [0.3, 0.4) is 0 Å². The molecule has 0 aliphatic carbocycles. The highest BCUT2D eigenvalue weighted by molar-refractivity contribution is 6.34. The van der Waals surface area contributed by atoms with Crippen LogP contribution in [0.15, 0.2) is 24.5 Å². The first-order valence-corrected chi connectivity index (χ1v) is 7.61. The predicted molar refractivity (Wildman–Crippen MR) is 88.1 cm³/mol. The van der Waals surface area contributed by atoms with Crippen LogP contribution in [-0.4, -0.2) is 16.5 Å². The number of anilines is 1. The van der Waals surface area contributed by atoms with Gasteiger partial charge in [-0.05, 0) is 25.1 Å². The Morgan fingerprint density at radius 3 is 2.48 bits per heavy atom. The number of hydrogen-bond donors (Lipinski definition) is 2. The largest absolute Gasteiger partial charge is 0.383 e. The molecule has 0 fully saturated rings. The Bertz CT molecular complexity index is 634. The van der Waals surface area contributed by atoms with Crippen LogP contribution in [0.1, 0.15) is 30.6 Å². The summed E-state index contributed by atoms with van der Waals surface area (Å²) in [7, 11) is 0. The number of nitrogens with two attached hydrogens (primary N) is 1. The van der Waals surface area contributed by atoms with Crippen LogP contribution < -0.4 is 11.1 Å². The molecule has 0 saturated carbocycles. The summed E-state index contributed by atoms with van der Waals surface area (Å²) in [5.41, 5.74) is 7.36. The molecule has 112 valence electrons. The lowest BCUT2D eigenvalue weighted by atomic mass is 10.0. The van der Waals surface area contributed by atoms with Crippen molar-refractivity contribution in [2.24, 2.45) is 0 Å². The van der Waals surface area contributed by atoms with E-state index < -0.39 is 0 Å². The summed E-state index contributed by atoms with van der Waals surface area (Å²) >= 11 is 18.2. The van der Waals surface area contributed by atoms with Gasteiger partial charge in [-0.1, -0.05) is 41.7 Å². The third kappa shape index (κ3) is 3.98. The molecule has 1 unspecified atom stereocenters. The summed E-state index contributed by atoms with van der Waals surface area (Å²) in [6.07, 6.45) is 4.02. The van der Waals surface area contributed by atoms with E-state index in [1.165, 1.54) is 6.20 Å². The standard InChI is InChI=1S/C14H15Cl3N4/c1-2-3-19-12(10-4-8(15)7-21-14(10)18)13-11(17)5-9(16)6-20-13/h4-7,12,19H,2-3H2,1H3,(H2,18,21). The van der Waals surface area contributed by atoms with Crippen molar-refractivity contribution in [1.82, 2.24) is 15.3 Å². The molecular weight excluding hydrogens is 331 g/mol. The highest BCUT2D eigenvalue weighted by Gasteiger charge is 2.21. The topological polar surface area (TPSA) is 63.8 Å². The van der Waals surface area contributed by atoms with E-state index in [1.54, 1.807) is 18.3 Å². The smallest absolute Gasteiger partial charge is 0.128 e. The molecule has 1 atom stereocenters. The molecule has 21 heavy (non-hydrogen) atoms. The van der Waals surface area contributed by atoms with Gasteiger partial charge in [0.2, 0.25) is 0 Å². The van der Waals surface area contributed by atoms with Crippen LogP contribution in [0.5, 0.6) is 0 Å². The SMILES string of the molecule is CCCNC(c1cc(Cl)cnc1N)c1ncc(Cl)cc1Cl. The maximum atomic E-state index is 6.26. The molecule has 2 rings (SSSR count). The number of halogens is 3. The summed E-state index contributed by atoms with van der Waals surface area (Å²) in [5, 5.41) is 4.82. The number of pyridine rings is 2. The molecule has 0 saturated heterocycles. The van der Waals surface area contributed by atoms with Gasteiger partial charge in [-0.3, -0.25) is 4.98 Å². The third-order valence-electron chi connectivity index (χ3n) is 2.94. The third-order valence-corrected chi connectivity index (χ3v) is 3.65. The number of nitrogens with one attached hydrogen (secondary N) is 1. The van der Waals surface area contributed by atoms with Gasteiger partial charge in [0, 0.05) is 18.0 Å². The molecule has 7 heteroatoms. The van der Waals surface area contributed by atoms with E-state index in [0.717, 1.165) is 18.5 Å². The van der Waals surface area contributed by atoms with Gasteiger partial charge in [0.25, 0.3) is 0 Å². The van der Waals surface area contributed by atoms with E-state index in [9.17, 15) is 0 Å². The fraction of sp³-hybridized carbons (Fsp3) is 0.286. The molecule has 0 bridgehead atoms. The van der Waals surface area contributed by atoms with Crippen LogP contribution in [0.25, 0.3) is 0 Å². The Morgan fingerprint density at radius 2 is 1.81 bits per heavy atom. The van der Waals surface area contributed by atoms with Crippen molar-refractivity contribution in [2.75, 3.05) is 12.3 Å². The maximum Gasteiger partial charge on any atom is 0.128 e. The number of nitrogens with zero attached hydrogens (tertiary/aromatic N) is 2. The lowest BCUT2D eigenvalue weighted by Gasteiger charge is -2.21. The maximum absolute atomic E-state index is 6.26. The minimum Gasteiger partial charge on any atom is -0.383 e. The molecule has 0 amide bonds. The van der Waals surface area contributed by atoms with E-state index in [-0.39, 0.29) is 6.04 Å². The van der Waals surface area contributed by atoms with E-state index >= 15 is 0 Å². The predicted octanol–water partition coefficient (Wildman–Crippen LogP) is 4.11. The van der Waals surface area contributed by atoms with Gasteiger partial charge in [-0.25, -0.2) is 4.98 Å². The van der Waals surface area contributed by atoms with Crippen LogP contribution in [0.4, 0.5) is 5.82 Å². The first kappa shape index (κ1) is 16.3. The van der Waals surface area contributed by atoms with Gasteiger partial charge >= 0.3 is 0 Å². The van der Waals surface area contributed by atoms with Crippen LogP contribution in [0.2, 0.25) is 15.1 Å². The van der Waals surface area contributed by atoms with E-state index in [1.807, 2.05) is 0 Å². The van der Waals surface area contributed by atoms with Crippen LogP contribution >= 0.6 is 34.8 Å². The lowest BCUT2D eigenvalue weighted by molar-refractivity contribution is 0.587. The van der Waals surface area contributed by atoms with Crippen molar-refractivity contribution in [1.29, 1.82) is 0 Å². The Balaban J connectivity index is 2.49. The Kier molecular flexibility index (Phi) is 5.65. The molecule has 0 spiro atoms. The van der Waals surface area contributed by atoms with E-state index in [0.29, 0.717) is 26.6 Å². The normalized spacial score (nSPS) is 12.4. The van der Waals surface area contributed by atoms with Crippen molar-refractivity contribution in [2.45, 2.75) is 19.4 Å². The molecule has 2 aromatic heterocycles. The molecule has 4 nitrogen and oxygen atoms in total. The van der Waals surface area contributed by atoms with Crippen LogP contribution in [0, 0.1) is 0 Å². The van der Waals surface area contributed by atoms with Gasteiger partial charge in [0.15, 0.2) is 0 Å². The molecule has 0 aliphatic rings. The first-order chi connectivity index (χ1) is 10.0. The van der Waals surface area contributed by atoms with Crippen molar-refractivity contribution in [3.63, 3.8) is 0 Å². The summed E-state index contributed by atoms with van der Waals surface area (Å²) in [5.74, 6) is 0.390. The van der Waals surface area contributed by atoms with E-state index in [4.69, 9.17) is 40.5 Å². The van der Waals surface area contributed by atoms with Gasteiger partial charge in [0.1, 0.15) is 5.82 Å². The number of hydrogen-bond acceptors (Lipinski definition) is 4. The average molecular weight is 346 g/mol. The summed E-state index contributed by atoms with van der Waals surface area (Å²) < 4.78 is 0. The molecule has 2 heterocycles. The zero-order valence-corrected chi connectivity index (χ0v) is 13.7. The molecule has 0 radical (unpaired) electrons. The fourth-order valence-corrected chi connectivity index (χ4v) is 2.63. The quantitative estimate of drug-likeness (QED) is 0.856. The fourth-order valence-electron chi connectivity index (χ4n) is 1.98.